The molecule has 1 aromatic rings. The number of rotatable bonds is 2. The Labute approximate surface area is 100.0 Å². The van der Waals surface area contributed by atoms with Crippen LogP contribution >= 0.6 is 12.2 Å². The van der Waals surface area contributed by atoms with Crippen molar-refractivity contribution in [3.8, 4) is 0 Å². The van der Waals surface area contributed by atoms with E-state index in [0.29, 0.717) is 12.4 Å². The minimum absolute atomic E-state index is 0.162. The van der Waals surface area contributed by atoms with Crippen molar-refractivity contribution >= 4 is 42.6 Å². The monoisotopic (exact) mass is 237 g/mol. The molecule has 0 saturated heterocycles. The highest BCUT2D eigenvalue weighted by molar-refractivity contribution is 7.80. The van der Waals surface area contributed by atoms with Crippen molar-refractivity contribution in [2.45, 2.75) is 6.92 Å². The SMILES string of the molecule is Bc1ccc(NC(=S)NC(=O)OCC)nc1. The van der Waals surface area contributed by atoms with Crippen LogP contribution in [0.25, 0.3) is 0 Å². The smallest absolute Gasteiger partial charge is 0.413 e. The lowest BCUT2D eigenvalue weighted by atomic mass is 9.99. The first-order valence-electron chi connectivity index (χ1n) is 4.79. The Kier molecular flexibility index (Phi) is 4.72. The molecular formula is C9H12BN3O2S. The van der Waals surface area contributed by atoms with Crippen molar-refractivity contribution in [1.29, 1.82) is 0 Å². The molecule has 1 amide bonds. The van der Waals surface area contributed by atoms with Gasteiger partial charge in [0, 0.05) is 6.20 Å². The zero-order valence-corrected chi connectivity index (χ0v) is 9.93. The number of hydrogen-bond donors (Lipinski definition) is 2. The molecule has 0 aliphatic carbocycles. The summed E-state index contributed by atoms with van der Waals surface area (Å²) in [6.45, 7) is 2.02. The highest BCUT2D eigenvalue weighted by Gasteiger charge is 2.04. The van der Waals surface area contributed by atoms with Crippen molar-refractivity contribution in [3.05, 3.63) is 18.3 Å². The molecule has 0 aromatic carbocycles. The van der Waals surface area contributed by atoms with Crippen LogP contribution in [-0.2, 0) is 4.74 Å². The zero-order valence-electron chi connectivity index (χ0n) is 9.11. The van der Waals surface area contributed by atoms with Gasteiger partial charge in [-0.15, -0.1) is 0 Å². The van der Waals surface area contributed by atoms with Gasteiger partial charge in [-0.1, -0.05) is 11.5 Å². The number of hydrogen-bond acceptors (Lipinski definition) is 4. The molecule has 2 N–H and O–H groups in total. The summed E-state index contributed by atoms with van der Waals surface area (Å²) in [6.07, 6.45) is 1.13. The van der Waals surface area contributed by atoms with E-state index in [1.165, 1.54) is 0 Å². The summed E-state index contributed by atoms with van der Waals surface area (Å²) >= 11 is 4.90. The van der Waals surface area contributed by atoms with Gasteiger partial charge in [0.1, 0.15) is 13.7 Å². The number of ether oxygens (including phenoxy) is 1. The van der Waals surface area contributed by atoms with E-state index in [1.54, 1.807) is 19.2 Å². The molecule has 1 rings (SSSR count). The molecule has 1 aromatic heterocycles. The molecule has 0 radical (unpaired) electrons. The third-order valence-electron chi connectivity index (χ3n) is 1.64. The number of thiocarbonyl (C=S) groups is 1. The number of aromatic nitrogens is 1. The molecule has 0 aliphatic heterocycles. The fraction of sp³-hybridized carbons (Fsp3) is 0.222. The molecule has 16 heavy (non-hydrogen) atoms. The van der Waals surface area contributed by atoms with Gasteiger partial charge in [0.25, 0.3) is 0 Å². The van der Waals surface area contributed by atoms with Crippen LogP contribution in [0.4, 0.5) is 10.6 Å². The second-order valence-corrected chi connectivity index (χ2v) is 3.43. The zero-order chi connectivity index (χ0) is 12.0. The Hall–Kier alpha value is -1.63. The van der Waals surface area contributed by atoms with E-state index in [1.807, 2.05) is 13.9 Å². The van der Waals surface area contributed by atoms with Crippen molar-refractivity contribution in [2.75, 3.05) is 11.9 Å². The normalized spacial score (nSPS) is 9.31. The Morgan fingerprint density at radius 1 is 1.62 bits per heavy atom. The fourth-order valence-electron chi connectivity index (χ4n) is 0.949. The first kappa shape index (κ1) is 12.4. The number of alkyl carbamates (subject to hydrolysis) is 1. The van der Waals surface area contributed by atoms with E-state index in [0.717, 1.165) is 5.46 Å². The van der Waals surface area contributed by atoms with E-state index in [9.17, 15) is 4.79 Å². The molecule has 0 fully saturated rings. The molecule has 7 heteroatoms. The highest BCUT2D eigenvalue weighted by Crippen LogP contribution is 1.97. The van der Waals surface area contributed by atoms with Gasteiger partial charge in [-0.05, 0) is 25.2 Å². The van der Waals surface area contributed by atoms with Gasteiger partial charge in [-0.2, -0.15) is 0 Å². The van der Waals surface area contributed by atoms with Gasteiger partial charge in [-0.3, -0.25) is 5.32 Å². The number of nitrogens with one attached hydrogen (secondary N) is 2. The van der Waals surface area contributed by atoms with Gasteiger partial charge in [0.05, 0.1) is 6.61 Å². The van der Waals surface area contributed by atoms with E-state index in [-0.39, 0.29) is 5.11 Å². The minimum Gasteiger partial charge on any atom is -0.450 e. The maximum absolute atomic E-state index is 11.0. The summed E-state index contributed by atoms with van der Waals surface area (Å²) in [5, 5.41) is 5.29. The average molecular weight is 237 g/mol. The van der Waals surface area contributed by atoms with Crippen LogP contribution in [0.2, 0.25) is 0 Å². The lowest BCUT2D eigenvalue weighted by Gasteiger charge is -2.08. The van der Waals surface area contributed by atoms with Gasteiger partial charge < -0.3 is 10.1 Å². The Morgan fingerprint density at radius 2 is 2.38 bits per heavy atom. The fourth-order valence-corrected chi connectivity index (χ4v) is 1.14. The minimum atomic E-state index is -0.577. The van der Waals surface area contributed by atoms with Crippen LogP contribution in [0.5, 0.6) is 0 Å². The van der Waals surface area contributed by atoms with E-state index in [4.69, 9.17) is 12.2 Å². The van der Waals surface area contributed by atoms with Crippen LogP contribution in [0.15, 0.2) is 18.3 Å². The number of anilines is 1. The number of carbonyl (C=O) groups is 1. The first-order chi connectivity index (χ1) is 7.61. The van der Waals surface area contributed by atoms with Gasteiger partial charge in [0.15, 0.2) is 5.11 Å². The standard InChI is InChI=1S/C9H12BN3O2S/c1-2-15-9(14)13-8(16)12-7-4-3-6(10)5-11-7/h3-5H,2,10H2,1H3,(H2,11,12,13,14,16). The summed E-state index contributed by atoms with van der Waals surface area (Å²) in [6, 6.07) is 3.66. The summed E-state index contributed by atoms with van der Waals surface area (Å²) in [5.74, 6) is 0.576. The molecule has 5 nitrogen and oxygen atoms in total. The summed E-state index contributed by atoms with van der Waals surface area (Å²) in [5.41, 5.74) is 1.05. The summed E-state index contributed by atoms with van der Waals surface area (Å²) in [4.78, 5) is 15.1. The van der Waals surface area contributed by atoms with Crippen molar-refractivity contribution < 1.29 is 9.53 Å². The van der Waals surface area contributed by atoms with Crippen molar-refractivity contribution in [1.82, 2.24) is 10.3 Å². The molecule has 0 unspecified atom stereocenters. The van der Waals surface area contributed by atoms with Crippen LogP contribution in [0.3, 0.4) is 0 Å². The average Bonchev–Trinajstić information content (AvgIpc) is 2.21. The highest BCUT2D eigenvalue weighted by atomic mass is 32.1. The predicted octanol–water partition coefficient (Wildman–Crippen LogP) is -0.217. The Morgan fingerprint density at radius 3 is 2.94 bits per heavy atom. The second kappa shape index (κ2) is 6.07. The lowest BCUT2D eigenvalue weighted by Crippen LogP contribution is -2.34. The Bertz CT molecular complexity index is 383. The first-order valence-corrected chi connectivity index (χ1v) is 5.20. The topological polar surface area (TPSA) is 63.2 Å². The molecular weight excluding hydrogens is 225 g/mol. The number of carbonyl (C=O) groups excluding carboxylic acids is 1. The third kappa shape index (κ3) is 4.27. The maximum Gasteiger partial charge on any atom is 0.413 e. The second-order valence-electron chi connectivity index (χ2n) is 3.02. The van der Waals surface area contributed by atoms with Gasteiger partial charge in [-0.25, -0.2) is 9.78 Å². The summed E-state index contributed by atoms with van der Waals surface area (Å²) in [7, 11) is 1.94. The van der Waals surface area contributed by atoms with E-state index < -0.39 is 6.09 Å². The van der Waals surface area contributed by atoms with Gasteiger partial charge in [0.2, 0.25) is 0 Å². The third-order valence-corrected chi connectivity index (χ3v) is 1.85. The van der Waals surface area contributed by atoms with Crippen LogP contribution in [0, 0.1) is 0 Å². The molecule has 84 valence electrons. The molecule has 0 spiro atoms. The molecule has 0 aliphatic rings. The number of nitrogens with zero attached hydrogens (tertiary/aromatic N) is 1. The van der Waals surface area contributed by atoms with Crippen LogP contribution in [-0.4, -0.2) is 30.6 Å². The largest absolute Gasteiger partial charge is 0.450 e. The van der Waals surface area contributed by atoms with Crippen molar-refractivity contribution in [2.24, 2.45) is 0 Å². The lowest BCUT2D eigenvalue weighted by molar-refractivity contribution is 0.158. The molecule has 1 heterocycles. The van der Waals surface area contributed by atoms with E-state index in [2.05, 4.69) is 20.4 Å². The maximum atomic E-state index is 11.0. The molecule has 0 bridgehead atoms. The number of pyridine rings is 1. The molecule has 0 saturated carbocycles. The summed E-state index contributed by atoms with van der Waals surface area (Å²) < 4.78 is 4.67. The van der Waals surface area contributed by atoms with Gasteiger partial charge >= 0.3 is 6.09 Å². The Balaban J connectivity index is 2.45. The predicted molar refractivity (Wildman–Crippen MR) is 68.8 cm³/mol. The van der Waals surface area contributed by atoms with Crippen molar-refractivity contribution in [3.63, 3.8) is 0 Å². The van der Waals surface area contributed by atoms with E-state index >= 15 is 0 Å². The van der Waals surface area contributed by atoms with Crippen LogP contribution in [0.1, 0.15) is 6.92 Å². The quantitative estimate of drug-likeness (QED) is 0.550. The van der Waals surface area contributed by atoms with Crippen LogP contribution < -0.4 is 16.1 Å². The molecule has 0 atom stereocenters. The number of amides is 1.